The minimum atomic E-state index is -6.22. The van der Waals surface area contributed by atoms with Gasteiger partial charge in [-0.25, -0.2) is 0 Å². The van der Waals surface area contributed by atoms with Crippen LogP contribution in [0.15, 0.2) is 6.07 Å². The number of alkyl halides is 12. The first-order chi connectivity index (χ1) is 12.2. The molecule has 0 aliphatic carbocycles. The maximum absolute atomic E-state index is 13.5. The lowest BCUT2D eigenvalue weighted by Crippen LogP contribution is -2.33. The molecular weight excluding hydrogens is 422 g/mol. The van der Waals surface area contributed by atoms with Crippen LogP contribution in [0.3, 0.4) is 0 Å². The largest absolute Gasteiger partial charge is 0.417 e. The van der Waals surface area contributed by atoms with Gasteiger partial charge < -0.3 is 5.32 Å². The number of nitrogens with one attached hydrogen (secondary N) is 1. The number of halogens is 12. The normalized spacial score (nSPS) is 15.3. The van der Waals surface area contributed by atoms with Gasteiger partial charge in [-0.2, -0.15) is 52.7 Å². The third-order valence-corrected chi connectivity index (χ3v) is 3.83. The molecule has 28 heavy (non-hydrogen) atoms. The van der Waals surface area contributed by atoms with E-state index >= 15 is 0 Å². The molecule has 0 saturated carbocycles. The summed E-state index contributed by atoms with van der Waals surface area (Å²) in [6.07, 6.45) is -24.3. The highest BCUT2D eigenvalue weighted by Crippen LogP contribution is 2.53. The van der Waals surface area contributed by atoms with Crippen LogP contribution < -0.4 is 5.32 Å². The van der Waals surface area contributed by atoms with Crippen molar-refractivity contribution < 1.29 is 52.7 Å². The Kier molecular flexibility index (Phi) is 6.36. The monoisotopic (exact) mass is 435 g/mol. The minimum absolute atomic E-state index is 0.885. The average Bonchev–Trinajstić information content (AvgIpc) is 2.41. The van der Waals surface area contributed by atoms with Gasteiger partial charge >= 0.3 is 24.7 Å². The van der Waals surface area contributed by atoms with E-state index in [1.807, 2.05) is 5.32 Å². The Hall–Kier alpha value is -1.66. The predicted molar refractivity (Wildman–Crippen MR) is 73.1 cm³/mol. The van der Waals surface area contributed by atoms with E-state index < -0.39 is 70.5 Å². The lowest BCUT2D eigenvalue weighted by atomic mass is 9.83. The second kappa shape index (κ2) is 7.30. The molecule has 0 aromatic heterocycles. The summed E-state index contributed by atoms with van der Waals surface area (Å²) in [4.78, 5) is 0. The molecule has 1 aromatic rings. The van der Waals surface area contributed by atoms with E-state index in [2.05, 4.69) is 0 Å². The number of rotatable bonds is 3. The second-order valence-electron chi connectivity index (χ2n) is 6.14. The smallest absolute Gasteiger partial charge is 0.313 e. The van der Waals surface area contributed by atoms with E-state index in [1.165, 1.54) is 0 Å². The molecule has 1 rings (SSSR count). The fourth-order valence-electron chi connectivity index (χ4n) is 2.88. The summed E-state index contributed by atoms with van der Waals surface area (Å²) in [5.41, 5.74) is -13.6. The van der Waals surface area contributed by atoms with E-state index in [4.69, 9.17) is 0 Å². The Labute approximate surface area is 150 Å². The first-order valence-corrected chi connectivity index (χ1v) is 7.41. The van der Waals surface area contributed by atoms with Gasteiger partial charge in [-0.15, -0.1) is 0 Å². The van der Waals surface area contributed by atoms with Crippen molar-refractivity contribution in [2.24, 2.45) is 5.92 Å². The summed E-state index contributed by atoms with van der Waals surface area (Å²) in [6.45, 7) is 2.21. The van der Waals surface area contributed by atoms with Crippen molar-refractivity contribution in [3.63, 3.8) is 0 Å². The van der Waals surface area contributed by atoms with Crippen LogP contribution in [-0.2, 0) is 24.7 Å². The molecule has 0 heterocycles. The topological polar surface area (TPSA) is 12.0 Å². The van der Waals surface area contributed by atoms with Gasteiger partial charge in [0.2, 0.25) is 0 Å². The number of benzene rings is 1. The van der Waals surface area contributed by atoms with Crippen molar-refractivity contribution in [2.45, 2.75) is 44.6 Å². The van der Waals surface area contributed by atoms with Crippen molar-refractivity contribution in [3.8, 4) is 0 Å². The van der Waals surface area contributed by atoms with Gasteiger partial charge in [0.05, 0.1) is 22.3 Å². The molecule has 1 N–H and O–H groups in total. The van der Waals surface area contributed by atoms with E-state index in [9.17, 15) is 52.7 Å². The van der Waals surface area contributed by atoms with Gasteiger partial charge in [-0.3, -0.25) is 0 Å². The molecule has 0 amide bonds. The predicted octanol–water partition coefficient (Wildman–Crippen LogP) is 6.68. The Morgan fingerprint density at radius 3 is 1.29 bits per heavy atom. The van der Waals surface area contributed by atoms with Crippen molar-refractivity contribution in [1.82, 2.24) is 5.32 Å². The summed E-state index contributed by atoms with van der Waals surface area (Å²) in [5.74, 6) is -1.12. The van der Waals surface area contributed by atoms with Gasteiger partial charge in [0.25, 0.3) is 0 Å². The first kappa shape index (κ1) is 24.4. The highest BCUT2D eigenvalue weighted by molar-refractivity contribution is 5.53. The lowest BCUT2D eigenvalue weighted by Gasteiger charge is -2.31. The van der Waals surface area contributed by atoms with Gasteiger partial charge in [0.1, 0.15) is 0 Å². The third-order valence-electron chi connectivity index (χ3n) is 3.83. The minimum Gasteiger partial charge on any atom is -0.313 e. The van der Waals surface area contributed by atoms with Gasteiger partial charge in [0, 0.05) is 6.04 Å². The molecule has 1 atom stereocenters. The molecule has 0 spiro atoms. The molecule has 0 radical (unpaired) electrons. The zero-order valence-electron chi connectivity index (χ0n) is 14.3. The SMILES string of the molecule is CNC(c1c(C(F)(F)F)cc(C(F)(F)F)c(C(F)(F)F)c1C(F)(F)F)C(C)C. The van der Waals surface area contributed by atoms with Crippen LogP contribution >= 0.6 is 0 Å². The van der Waals surface area contributed by atoms with Crippen LogP contribution in [0.1, 0.15) is 47.7 Å². The number of hydrogen-bond donors (Lipinski definition) is 1. The fraction of sp³-hybridized carbons (Fsp3) is 0.600. The van der Waals surface area contributed by atoms with Gasteiger partial charge in [-0.05, 0) is 24.6 Å². The molecule has 1 aromatic carbocycles. The van der Waals surface area contributed by atoms with Crippen LogP contribution in [0.25, 0.3) is 0 Å². The van der Waals surface area contributed by atoms with E-state index in [1.54, 1.807) is 0 Å². The second-order valence-corrected chi connectivity index (χ2v) is 6.14. The molecule has 1 nitrogen and oxygen atoms in total. The van der Waals surface area contributed by atoms with E-state index in [0.717, 1.165) is 20.9 Å². The maximum atomic E-state index is 13.5. The number of hydrogen-bond acceptors (Lipinski definition) is 1. The fourth-order valence-corrected chi connectivity index (χ4v) is 2.88. The van der Waals surface area contributed by atoms with Gasteiger partial charge in [-0.1, -0.05) is 13.8 Å². The third kappa shape index (κ3) is 4.84. The molecule has 162 valence electrons. The Morgan fingerprint density at radius 2 is 1.04 bits per heavy atom. The van der Waals surface area contributed by atoms with Crippen molar-refractivity contribution in [3.05, 3.63) is 33.9 Å². The van der Waals surface area contributed by atoms with Crippen LogP contribution in [0.5, 0.6) is 0 Å². The molecule has 0 bridgehead atoms. The highest BCUT2D eigenvalue weighted by atomic mass is 19.4. The molecule has 1 unspecified atom stereocenters. The van der Waals surface area contributed by atoms with Crippen molar-refractivity contribution in [1.29, 1.82) is 0 Å². The summed E-state index contributed by atoms with van der Waals surface area (Å²) in [5, 5.41) is 2.03. The molecule has 0 saturated heterocycles. The summed E-state index contributed by atoms with van der Waals surface area (Å²) >= 11 is 0. The van der Waals surface area contributed by atoms with E-state index in [-0.39, 0.29) is 0 Å². The molecule has 13 heteroatoms. The molecule has 0 aliphatic rings. The zero-order chi connectivity index (χ0) is 22.5. The Morgan fingerprint density at radius 1 is 0.643 bits per heavy atom. The highest BCUT2D eigenvalue weighted by Gasteiger charge is 2.55. The van der Waals surface area contributed by atoms with Crippen LogP contribution in [0, 0.1) is 5.92 Å². The molecule has 0 fully saturated rings. The summed E-state index contributed by atoms with van der Waals surface area (Å²) < 4.78 is 159. The van der Waals surface area contributed by atoms with Gasteiger partial charge in [0.15, 0.2) is 0 Å². The standard InChI is InChI=1S/C15H13F12N/c1-5(2)11(28-3)8-6(12(16,17)18)4-7(13(19,20)21)9(14(22,23)24)10(8)15(25,26)27/h4-5,11,28H,1-3H3. The van der Waals surface area contributed by atoms with Crippen molar-refractivity contribution in [2.75, 3.05) is 7.05 Å². The van der Waals surface area contributed by atoms with E-state index in [0.29, 0.717) is 0 Å². The summed E-state index contributed by atoms with van der Waals surface area (Å²) in [7, 11) is 0.885. The van der Waals surface area contributed by atoms with Crippen molar-refractivity contribution >= 4 is 0 Å². The lowest BCUT2D eigenvalue weighted by molar-refractivity contribution is -0.177. The Bertz CT molecular complexity index is 706. The quantitative estimate of drug-likeness (QED) is 0.523. The first-order valence-electron chi connectivity index (χ1n) is 7.41. The van der Waals surface area contributed by atoms with Crippen LogP contribution in [0.2, 0.25) is 0 Å². The van der Waals surface area contributed by atoms with Crippen LogP contribution in [-0.4, -0.2) is 7.05 Å². The summed E-state index contributed by atoms with van der Waals surface area (Å²) in [6, 6.07) is -2.88. The Balaban J connectivity index is 4.41. The average molecular weight is 435 g/mol. The molecular formula is C15H13F12N. The maximum Gasteiger partial charge on any atom is 0.417 e. The zero-order valence-corrected chi connectivity index (χ0v) is 14.3. The van der Waals surface area contributed by atoms with Crippen LogP contribution in [0.4, 0.5) is 52.7 Å². The molecule has 0 aliphatic heterocycles.